The molecule has 1 saturated carbocycles. The predicted molar refractivity (Wildman–Crippen MR) is 117 cm³/mol. The maximum Gasteiger partial charge on any atom is 0.325 e. The summed E-state index contributed by atoms with van der Waals surface area (Å²) in [6.45, 7) is 6.85. The molecule has 3 rings (SSSR count). The summed E-state index contributed by atoms with van der Waals surface area (Å²) in [6, 6.07) is 2.54. The van der Waals surface area contributed by atoms with Gasteiger partial charge in [0.05, 0.1) is 6.54 Å². The number of imide groups is 1. The minimum atomic E-state index is -1.03. The van der Waals surface area contributed by atoms with Crippen molar-refractivity contribution < 1.29 is 28.0 Å². The molecular formula is C23H30F2N4O4. The Labute approximate surface area is 191 Å². The van der Waals surface area contributed by atoms with Crippen LogP contribution in [0.1, 0.15) is 47.0 Å². The van der Waals surface area contributed by atoms with Crippen LogP contribution in [0.2, 0.25) is 0 Å². The number of hydrogen-bond donors (Lipinski definition) is 2. The van der Waals surface area contributed by atoms with Crippen LogP contribution in [0.25, 0.3) is 0 Å². The molecule has 33 heavy (non-hydrogen) atoms. The van der Waals surface area contributed by atoms with Crippen molar-refractivity contribution in [3.8, 4) is 0 Å². The number of likely N-dealkylation sites (N-methyl/N-ethyl adjacent to an activating group) is 1. The fourth-order valence-corrected chi connectivity index (χ4v) is 5.23. The van der Waals surface area contributed by atoms with E-state index in [2.05, 4.69) is 10.6 Å². The highest BCUT2D eigenvalue weighted by molar-refractivity contribution is 6.09. The number of rotatable bonds is 6. The second-order valence-corrected chi connectivity index (χ2v) is 9.81. The van der Waals surface area contributed by atoms with Crippen molar-refractivity contribution in [1.82, 2.24) is 15.1 Å². The van der Waals surface area contributed by atoms with Crippen molar-refractivity contribution in [3.05, 3.63) is 29.8 Å². The van der Waals surface area contributed by atoms with Gasteiger partial charge in [0.25, 0.3) is 5.91 Å². The third kappa shape index (κ3) is 5.15. The van der Waals surface area contributed by atoms with Gasteiger partial charge in [-0.15, -0.1) is 0 Å². The van der Waals surface area contributed by atoms with Gasteiger partial charge in [0, 0.05) is 6.54 Å². The van der Waals surface area contributed by atoms with Crippen LogP contribution in [-0.4, -0.2) is 58.7 Å². The van der Waals surface area contributed by atoms with Crippen molar-refractivity contribution >= 4 is 29.4 Å². The number of carbonyl (C=O) groups is 4. The van der Waals surface area contributed by atoms with Crippen LogP contribution in [0.5, 0.6) is 0 Å². The lowest BCUT2D eigenvalue weighted by Crippen LogP contribution is -2.54. The van der Waals surface area contributed by atoms with Crippen LogP contribution < -0.4 is 10.6 Å². The summed E-state index contributed by atoms with van der Waals surface area (Å²) in [7, 11) is 0. The lowest BCUT2D eigenvalue weighted by Gasteiger charge is -2.43. The molecule has 2 N–H and O–H groups in total. The van der Waals surface area contributed by atoms with Crippen LogP contribution in [0.3, 0.4) is 0 Å². The SMILES string of the molecule is CCN(CC(=O)Nc1c(F)cccc1F)C(=O)CN1C(=O)N[C@]2(C[C@H](C)CC(C)(C)C2)C1=O. The zero-order valence-corrected chi connectivity index (χ0v) is 19.3. The summed E-state index contributed by atoms with van der Waals surface area (Å²) in [4.78, 5) is 53.0. The van der Waals surface area contributed by atoms with Gasteiger partial charge in [-0.3, -0.25) is 19.3 Å². The molecule has 1 saturated heterocycles. The lowest BCUT2D eigenvalue weighted by molar-refractivity contribution is -0.141. The zero-order valence-electron chi connectivity index (χ0n) is 19.3. The van der Waals surface area contributed by atoms with Gasteiger partial charge in [-0.2, -0.15) is 0 Å². The van der Waals surface area contributed by atoms with E-state index in [0.29, 0.717) is 12.8 Å². The Kier molecular flexibility index (Phi) is 6.76. The smallest absolute Gasteiger partial charge is 0.325 e. The van der Waals surface area contributed by atoms with Gasteiger partial charge < -0.3 is 15.5 Å². The maximum atomic E-state index is 13.8. The molecule has 0 radical (unpaired) electrons. The fraction of sp³-hybridized carbons (Fsp3) is 0.565. The first-order valence-corrected chi connectivity index (χ1v) is 11.0. The molecule has 1 aliphatic heterocycles. The van der Waals surface area contributed by atoms with Crippen LogP contribution in [-0.2, 0) is 14.4 Å². The van der Waals surface area contributed by atoms with Crippen molar-refractivity contribution in [2.75, 3.05) is 25.0 Å². The van der Waals surface area contributed by atoms with Crippen molar-refractivity contribution in [2.24, 2.45) is 11.3 Å². The highest BCUT2D eigenvalue weighted by Crippen LogP contribution is 2.46. The molecule has 1 aromatic rings. The molecule has 2 fully saturated rings. The van der Waals surface area contributed by atoms with Crippen LogP contribution >= 0.6 is 0 Å². The Balaban J connectivity index is 1.67. The first-order valence-electron chi connectivity index (χ1n) is 11.0. The van der Waals surface area contributed by atoms with E-state index in [1.165, 1.54) is 6.07 Å². The molecule has 1 aromatic carbocycles. The van der Waals surface area contributed by atoms with E-state index in [4.69, 9.17) is 0 Å². The first-order chi connectivity index (χ1) is 15.4. The molecule has 5 amide bonds. The lowest BCUT2D eigenvalue weighted by atomic mass is 9.64. The zero-order chi connectivity index (χ0) is 24.6. The fourth-order valence-electron chi connectivity index (χ4n) is 5.23. The van der Waals surface area contributed by atoms with E-state index in [0.717, 1.165) is 28.4 Å². The largest absolute Gasteiger partial charge is 0.332 e. The Bertz CT molecular complexity index is 963. The van der Waals surface area contributed by atoms with Crippen LogP contribution in [0.15, 0.2) is 18.2 Å². The molecule has 2 aliphatic rings. The summed E-state index contributed by atoms with van der Waals surface area (Å²) >= 11 is 0. The molecule has 1 aliphatic carbocycles. The Morgan fingerprint density at radius 3 is 2.42 bits per heavy atom. The topological polar surface area (TPSA) is 98.8 Å². The molecule has 1 heterocycles. The molecule has 2 atom stereocenters. The number of nitrogens with zero attached hydrogens (tertiary/aromatic N) is 2. The second-order valence-electron chi connectivity index (χ2n) is 9.81. The predicted octanol–water partition coefficient (Wildman–Crippen LogP) is 2.89. The Hall–Kier alpha value is -3.04. The quantitative estimate of drug-likeness (QED) is 0.633. The first kappa shape index (κ1) is 24.6. The molecule has 180 valence electrons. The normalized spacial score (nSPS) is 24.1. The number of nitrogens with one attached hydrogen (secondary N) is 2. The van der Waals surface area contributed by atoms with Crippen LogP contribution in [0.4, 0.5) is 19.3 Å². The van der Waals surface area contributed by atoms with E-state index < -0.39 is 59.7 Å². The van der Waals surface area contributed by atoms with E-state index >= 15 is 0 Å². The summed E-state index contributed by atoms with van der Waals surface area (Å²) in [5, 5.41) is 4.93. The third-order valence-corrected chi connectivity index (χ3v) is 6.21. The third-order valence-electron chi connectivity index (χ3n) is 6.21. The monoisotopic (exact) mass is 464 g/mol. The average Bonchev–Trinajstić information content (AvgIpc) is 2.90. The molecule has 0 bridgehead atoms. The maximum absolute atomic E-state index is 13.8. The number of benzene rings is 1. The number of hydrogen-bond acceptors (Lipinski definition) is 4. The van der Waals surface area contributed by atoms with Gasteiger partial charge >= 0.3 is 6.03 Å². The number of amides is 5. The number of anilines is 1. The van der Waals surface area contributed by atoms with E-state index in [9.17, 15) is 28.0 Å². The molecule has 0 unspecified atom stereocenters. The number of carbonyl (C=O) groups excluding carboxylic acids is 4. The van der Waals surface area contributed by atoms with Gasteiger partial charge in [-0.05, 0) is 49.7 Å². The van der Waals surface area contributed by atoms with Crippen molar-refractivity contribution in [3.63, 3.8) is 0 Å². The minimum Gasteiger partial charge on any atom is -0.332 e. The van der Waals surface area contributed by atoms with Crippen molar-refractivity contribution in [2.45, 2.75) is 52.5 Å². The van der Waals surface area contributed by atoms with E-state index in [1.807, 2.05) is 20.8 Å². The highest BCUT2D eigenvalue weighted by Gasteiger charge is 2.56. The molecule has 0 aromatic heterocycles. The number of para-hydroxylation sites is 1. The molecule has 8 nitrogen and oxygen atoms in total. The van der Waals surface area contributed by atoms with Crippen LogP contribution in [0, 0.1) is 23.0 Å². The summed E-state index contributed by atoms with van der Waals surface area (Å²) in [5.41, 5.74) is -1.78. The van der Waals surface area contributed by atoms with Gasteiger partial charge in [0.2, 0.25) is 11.8 Å². The second kappa shape index (κ2) is 9.07. The van der Waals surface area contributed by atoms with E-state index in [-0.39, 0.29) is 17.9 Å². The summed E-state index contributed by atoms with van der Waals surface area (Å²) < 4.78 is 27.6. The standard InChI is InChI=1S/C23H30F2N4O4/c1-5-28(11-17(30)26-19-15(24)7-6-8-16(19)25)18(31)12-29-20(32)23(27-21(29)33)10-14(2)9-22(3,4)13-23/h6-8,14H,5,9-13H2,1-4H3,(H,26,30)(H,27,33)/t14-,23+/m1/s1. The van der Waals surface area contributed by atoms with Gasteiger partial charge in [0.1, 0.15) is 29.4 Å². The molecular weight excluding hydrogens is 434 g/mol. The Morgan fingerprint density at radius 2 is 1.85 bits per heavy atom. The van der Waals surface area contributed by atoms with Gasteiger partial charge in [0.15, 0.2) is 0 Å². The van der Waals surface area contributed by atoms with Gasteiger partial charge in [-0.25, -0.2) is 13.6 Å². The summed E-state index contributed by atoms with van der Waals surface area (Å²) in [5.74, 6) is -3.51. The average molecular weight is 465 g/mol. The summed E-state index contributed by atoms with van der Waals surface area (Å²) in [6.07, 6.45) is 1.91. The van der Waals surface area contributed by atoms with Gasteiger partial charge in [-0.1, -0.05) is 26.8 Å². The number of halogens is 2. The minimum absolute atomic E-state index is 0.102. The van der Waals surface area contributed by atoms with Crippen molar-refractivity contribution in [1.29, 1.82) is 0 Å². The molecule has 10 heteroatoms. The highest BCUT2D eigenvalue weighted by atomic mass is 19.1. The van der Waals surface area contributed by atoms with E-state index in [1.54, 1.807) is 6.92 Å². The molecule has 1 spiro atoms. The Morgan fingerprint density at radius 1 is 1.21 bits per heavy atom. The number of urea groups is 1.